The van der Waals surface area contributed by atoms with E-state index in [1.807, 2.05) is 13.1 Å². The predicted octanol–water partition coefficient (Wildman–Crippen LogP) is 1.94. The van der Waals surface area contributed by atoms with Crippen LogP contribution < -0.4 is 5.32 Å². The summed E-state index contributed by atoms with van der Waals surface area (Å²) in [5, 5.41) is 12.8. The molecule has 0 heterocycles. The van der Waals surface area contributed by atoms with Gasteiger partial charge in [-0.1, -0.05) is 23.8 Å². The van der Waals surface area contributed by atoms with Crippen molar-refractivity contribution >= 4 is 6.08 Å². The van der Waals surface area contributed by atoms with Crippen molar-refractivity contribution in [3.63, 3.8) is 0 Å². The molecule has 74 valence electrons. The van der Waals surface area contributed by atoms with Crippen LogP contribution in [0.4, 0.5) is 0 Å². The van der Waals surface area contributed by atoms with Crippen LogP contribution in [0.15, 0.2) is 23.8 Å². The Labute approximate surface area is 84.3 Å². The van der Waals surface area contributed by atoms with E-state index in [0.717, 1.165) is 24.9 Å². The fourth-order valence-electron chi connectivity index (χ4n) is 1.94. The zero-order valence-electron chi connectivity index (χ0n) is 8.38. The fraction of sp³-hybridized carbons (Fsp3) is 0.333. The highest BCUT2D eigenvalue weighted by atomic mass is 16.3. The van der Waals surface area contributed by atoms with Gasteiger partial charge in [-0.05, 0) is 31.5 Å². The van der Waals surface area contributed by atoms with Gasteiger partial charge in [-0.15, -0.1) is 0 Å². The molecular formula is C12H15NO. The number of rotatable bonds is 2. The molecule has 0 bridgehead atoms. The molecule has 1 aromatic rings. The van der Waals surface area contributed by atoms with Gasteiger partial charge in [-0.3, -0.25) is 0 Å². The first-order valence-corrected chi connectivity index (χ1v) is 4.96. The summed E-state index contributed by atoms with van der Waals surface area (Å²) in [5.74, 6) is 0.433. The minimum atomic E-state index is 0.433. The molecule has 2 nitrogen and oxygen atoms in total. The molecule has 0 aromatic heterocycles. The topological polar surface area (TPSA) is 32.3 Å². The Balaban J connectivity index is 2.35. The Kier molecular flexibility index (Phi) is 2.55. The van der Waals surface area contributed by atoms with E-state index in [4.69, 9.17) is 0 Å². The van der Waals surface area contributed by atoms with E-state index in [1.165, 1.54) is 11.1 Å². The molecule has 0 fully saturated rings. The summed E-state index contributed by atoms with van der Waals surface area (Å²) in [5.41, 5.74) is 3.67. The first-order chi connectivity index (χ1) is 6.81. The molecule has 2 N–H and O–H groups in total. The number of fused-ring (bicyclic) bond motifs is 1. The third kappa shape index (κ3) is 1.66. The van der Waals surface area contributed by atoms with Crippen molar-refractivity contribution in [2.75, 3.05) is 13.6 Å². The molecule has 14 heavy (non-hydrogen) atoms. The van der Waals surface area contributed by atoms with Crippen molar-refractivity contribution in [3.8, 4) is 5.75 Å². The number of nitrogens with one attached hydrogen (secondary N) is 1. The summed E-state index contributed by atoms with van der Waals surface area (Å²) in [7, 11) is 1.96. The average molecular weight is 189 g/mol. The average Bonchev–Trinajstić information content (AvgIpc) is 2.18. The van der Waals surface area contributed by atoms with E-state index >= 15 is 0 Å². The predicted molar refractivity (Wildman–Crippen MR) is 58.3 cm³/mol. The van der Waals surface area contributed by atoms with Gasteiger partial charge in [0.2, 0.25) is 0 Å². The second kappa shape index (κ2) is 3.84. The molecule has 0 spiro atoms. The zero-order valence-corrected chi connectivity index (χ0v) is 8.38. The smallest absolute Gasteiger partial charge is 0.119 e. The SMILES string of the molecule is CNCC1=Cc2cccc(O)c2CC1. The van der Waals surface area contributed by atoms with Gasteiger partial charge in [-0.2, -0.15) is 0 Å². The number of phenols is 1. The van der Waals surface area contributed by atoms with E-state index in [9.17, 15) is 5.11 Å². The van der Waals surface area contributed by atoms with Gasteiger partial charge in [0.15, 0.2) is 0 Å². The highest BCUT2D eigenvalue weighted by molar-refractivity contribution is 5.62. The first-order valence-electron chi connectivity index (χ1n) is 4.96. The molecule has 2 heteroatoms. The quantitative estimate of drug-likeness (QED) is 0.745. The molecule has 2 rings (SSSR count). The van der Waals surface area contributed by atoms with Crippen LogP contribution in [0, 0.1) is 0 Å². The van der Waals surface area contributed by atoms with Crippen molar-refractivity contribution in [1.29, 1.82) is 0 Å². The lowest BCUT2D eigenvalue weighted by molar-refractivity contribution is 0.467. The maximum atomic E-state index is 9.63. The number of aromatic hydroxyl groups is 1. The Morgan fingerprint density at radius 2 is 2.21 bits per heavy atom. The number of phenolic OH excluding ortho intramolecular Hbond substituents is 1. The lowest BCUT2D eigenvalue weighted by Gasteiger charge is -2.17. The minimum absolute atomic E-state index is 0.433. The number of likely N-dealkylation sites (N-methyl/N-ethyl adjacent to an activating group) is 1. The van der Waals surface area contributed by atoms with Gasteiger partial charge in [-0.25, -0.2) is 0 Å². The Morgan fingerprint density at radius 1 is 1.36 bits per heavy atom. The van der Waals surface area contributed by atoms with E-state index in [1.54, 1.807) is 6.07 Å². The Morgan fingerprint density at radius 3 is 3.00 bits per heavy atom. The molecule has 0 unspecified atom stereocenters. The second-order valence-electron chi connectivity index (χ2n) is 3.68. The summed E-state index contributed by atoms with van der Waals surface area (Å²) >= 11 is 0. The lowest BCUT2D eigenvalue weighted by Crippen LogP contribution is -2.13. The molecule has 0 atom stereocenters. The van der Waals surface area contributed by atoms with Crippen molar-refractivity contribution in [3.05, 3.63) is 34.9 Å². The van der Waals surface area contributed by atoms with Gasteiger partial charge in [0.1, 0.15) is 5.75 Å². The van der Waals surface area contributed by atoms with Gasteiger partial charge in [0.25, 0.3) is 0 Å². The summed E-state index contributed by atoms with van der Waals surface area (Å²) in [6, 6.07) is 5.71. The van der Waals surface area contributed by atoms with Crippen LogP contribution in [-0.4, -0.2) is 18.7 Å². The van der Waals surface area contributed by atoms with Crippen LogP contribution in [0.2, 0.25) is 0 Å². The van der Waals surface area contributed by atoms with E-state index < -0.39 is 0 Å². The maximum absolute atomic E-state index is 9.63. The monoisotopic (exact) mass is 189 g/mol. The Bertz CT molecular complexity index is 369. The standard InChI is InChI=1S/C12H15NO/c1-13-8-9-5-6-11-10(7-9)3-2-4-12(11)14/h2-4,7,13-14H,5-6,8H2,1H3. The molecule has 1 aliphatic rings. The number of hydrogen-bond donors (Lipinski definition) is 2. The van der Waals surface area contributed by atoms with E-state index in [2.05, 4.69) is 17.5 Å². The molecule has 0 amide bonds. The number of hydrogen-bond acceptors (Lipinski definition) is 2. The van der Waals surface area contributed by atoms with Crippen LogP contribution >= 0.6 is 0 Å². The zero-order chi connectivity index (χ0) is 9.97. The van der Waals surface area contributed by atoms with Gasteiger partial charge in [0, 0.05) is 12.1 Å². The van der Waals surface area contributed by atoms with Crippen LogP contribution in [-0.2, 0) is 6.42 Å². The van der Waals surface area contributed by atoms with Crippen LogP contribution in [0.25, 0.3) is 6.08 Å². The highest BCUT2D eigenvalue weighted by Crippen LogP contribution is 2.29. The minimum Gasteiger partial charge on any atom is -0.508 e. The van der Waals surface area contributed by atoms with E-state index in [-0.39, 0.29) is 0 Å². The Hall–Kier alpha value is -1.28. The third-order valence-electron chi connectivity index (χ3n) is 2.65. The van der Waals surface area contributed by atoms with Crippen LogP contribution in [0.3, 0.4) is 0 Å². The molecule has 0 radical (unpaired) electrons. The van der Waals surface area contributed by atoms with Crippen molar-refractivity contribution in [2.45, 2.75) is 12.8 Å². The largest absolute Gasteiger partial charge is 0.508 e. The second-order valence-corrected chi connectivity index (χ2v) is 3.68. The summed E-state index contributed by atoms with van der Waals surface area (Å²) in [4.78, 5) is 0. The third-order valence-corrected chi connectivity index (χ3v) is 2.65. The summed E-state index contributed by atoms with van der Waals surface area (Å²) in [6.45, 7) is 0.940. The molecule has 0 saturated heterocycles. The summed E-state index contributed by atoms with van der Waals surface area (Å²) < 4.78 is 0. The summed E-state index contributed by atoms with van der Waals surface area (Å²) in [6.07, 6.45) is 4.18. The molecule has 0 saturated carbocycles. The first kappa shape index (κ1) is 9.28. The lowest BCUT2D eigenvalue weighted by atomic mass is 9.91. The normalized spacial score (nSPS) is 14.8. The van der Waals surface area contributed by atoms with Crippen LogP contribution in [0.5, 0.6) is 5.75 Å². The molecule has 0 aliphatic heterocycles. The van der Waals surface area contributed by atoms with Gasteiger partial charge in [0.05, 0.1) is 0 Å². The fourth-order valence-corrected chi connectivity index (χ4v) is 1.94. The van der Waals surface area contributed by atoms with Crippen molar-refractivity contribution in [2.24, 2.45) is 0 Å². The van der Waals surface area contributed by atoms with Crippen molar-refractivity contribution < 1.29 is 5.11 Å². The molecule has 1 aromatic carbocycles. The van der Waals surface area contributed by atoms with Crippen molar-refractivity contribution in [1.82, 2.24) is 5.32 Å². The maximum Gasteiger partial charge on any atom is 0.119 e. The van der Waals surface area contributed by atoms with Gasteiger partial charge >= 0.3 is 0 Å². The van der Waals surface area contributed by atoms with Gasteiger partial charge < -0.3 is 10.4 Å². The van der Waals surface area contributed by atoms with Crippen LogP contribution in [0.1, 0.15) is 17.5 Å². The highest BCUT2D eigenvalue weighted by Gasteiger charge is 2.12. The van der Waals surface area contributed by atoms with E-state index in [0.29, 0.717) is 5.75 Å². The number of benzene rings is 1. The molecule has 1 aliphatic carbocycles. The molecular weight excluding hydrogens is 174 g/mol.